The molecule has 0 aliphatic rings. The maximum atomic E-state index is 6.81. The Morgan fingerprint density at radius 1 is 0.780 bits per heavy atom. The fourth-order valence-corrected chi connectivity index (χ4v) is 12.0. The molecule has 216 valence electrons. The Morgan fingerprint density at radius 2 is 1.29 bits per heavy atom. The van der Waals surface area contributed by atoms with Gasteiger partial charge in [-0.2, -0.15) is 0 Å². The van der Waals surface area contributed by atoms with Crippen LogP contribution >= 0.6 is 38.0 Å². The van der Waals surface area contributed by atoms with E-state index in [0.29, 0.717) is 5.92 Å². The Kier molecular flexibility index (Phi) is 12.7. The van der Waals surface area contributed by atoms with Crippen molar-refractivity contribution in [1.29, 1.82) is 0 Å². The Morgan fingerprint density at radius 3 is 1.73 bits per heavy atom. The van der Waals surface area contributed by atoms with Gasteiger partial charge in [-0.3, -0.25) is 0 Å². The molecule has 3 unspecified atom stereocenters. The number of methoxy groups -OCH3 is 1. The number of rotatable bonds is 15. The quantitative estimate of drug-likeness (QED) is 0.117. The second-order valence-electron chi connectivity index (χ2n) is 10.6. The Bertz CT molecular complexity index is 1240. The Balaban J connectivity index is 1.91. The van der Waals surface area contributed by atoms with E-state index in [-0.39, 0.29) is 0 Å². The first kappa shape index (κ1) is 32.2. The van der Waals surface area contributed by atoms with Gasteiger partial charge in [-0.15, -0.1) is 0 Å². The van der Waals surface area contributed by atoms with Crippen LogP contribution in [0.25, 0.3) is 0 Å². The number of hydrogen-bond donors (Lipinski definition) is 0. The van der Waals surface area contributed by atoms with Crippen LogP contribution in [0.1, 0.15) is 50.7 Å². The van der Waals surface area contributed by atoms with Crippen molar-refractivity contribution in [2.75, 3.05) is 13.7 Å². The summed E-state index contributed by atoms with van der Waals surface area (Å²) in [6, 6.07) is 37.8. The fourth-order valence-electron chi connectivity index (χ4n) is 5.54. The molecule has 3 atom stereocenters. The van der Waals surface area contributed by atoms with Gasteiger partial charge in [-0.1, -0.05) is 87.7 Å². The van der Waals surface area contributed by atoms with Crippen molar-refractivity contribution in [3.05, 3.63) is 114 Å². The topological polar surface area (TPSA) is 18.5 Å². The van der Waals surface area contributed by atoms with E-state index in [1.54, 1.807) is 7.11 Å². The van der Waals surface area contributed by atoms with E-state index in [9.17, 15) is 0 Å². The highest BCUT2D eigenvalue weighted by atomic mass is 79.9. The first-order valence-corrected chi connectivity index (χ1v) is 22.4. The zero-order valence-corrected chi connectivity index (χ0v) is 29.2. The molecule has 0 aromatic heterocycles. The third-order valence-electron chi connectivity index (χ3n) is 7.84. The molecule has 0 amide bonds. The zero-order chi connectivity index (χ0) is 29.1. The minimum atomic E-state index is -2.09. The monoisotopic (exact) mass is 668 g/mol. The van der Waals surface area contributed by atoms with Crippen LogP contribution in [0.4, 0.5) is 0 Å². The van der Waals surface area contributed by atoms with Gasteiger partial charge in [0.15, 0.2) is 0 Å². The third kappa shape index (κ3) is 8.21. The number of hydrogen-bond acceptors (Lipinski definition) is 2. The van der Waals surface area contributed by atoms with Crippen LogP contribution in [0, 0.1) is 5.92 Å². The normalized spacial score (nSPS) is 13.0. The molecule has 0 heterocycles. The van der Waals surface area contributed by atoms with E-state index in [1.165, 1.54) is 46.3 Å². The summed E-state index contributed by atoms with van der Waals surface area (Å²) in [7, 11) is 2.65. The molecule has 4 aromatic carbocycles. The molecule has 0 N–H and O–H groups in total. The maximum Gasteiger partial charge on any atom is 0.138 e. The van der Waals surface area contributed by atoms with Gasteiger partial charge in [0.2, 0.25) is 0 Å². The molecular formula is C35H44BrO2P3+2. The molecule has 0 spiro atoms. The first-order valence-electron chi connectivity index (χ1n) is 14.7. The molecule has 0 aliphatic carbocycles. The van der Waals surface area contributed by atoms with Crippen LogP contribution in [-0.4, -0.2) is 13.7 Å². The van der Waals surface area contributed by atoms with Crippen molar-refractivity contribution in [2.24, 2.45) is 5.92 Å². The highest BCUT2D eigenvalue weighted by Crippen LogP contribution is 2.60. The standard InChI is InChI=1S/C35H43BrO2P3/c1-4-6-16-28(5-2)25-38-35-23-29(26-40(36)39)34(37-3)24-30(35)27-41(31-17-10-7-11-18-31,32-19-12-8-13-20-32)33-21-14-9-15-22-33/h7-15,17-24,28H,4-6,16,25-27,39H2,1-3H3/q+1/p+1. The van der Waals surface area contributed by atoms with Gasteiger partial charge in [-0.05, 0) is 60.9 Å². The average Bonchev–Trinajstić information content (AvgIpc) is 3.01. The second-order valence-corrected chi connectivity index (χ2v) is 23.0. The zero-order valence-electron chi connectivity index (χ0n) is 24.6. The molecule has 6 heteroatoms. The molecule has 0 fully saturated rings. The molecule has 0 radical (unpaired) electrons. The summed E-state index contributed by atoms with van der Waals surface area (Å²) in [5.74, 6) is 2.51. The lowest BCUT2D eigenvalue weighted by atomic mass is 10.0. The molecule has 0 bridgehead atoms. The van der Waals surface area contributed by atoms with E-state index in [0.717, 1.165) is 36.9 Å². The van der Waals surface area contributed by atoms with Crippen LogP contribution in [0.2, 0.25) is 0 Å². The lowest BCUT2D eigenvalue weighted by Crippen LogP contribution is -2.32. The SMILES string of the molecule is CCCCC(CC)COc1cc(C[PH+](P)Br)c(OC)cc1C[P+](c1ccccc1)(c1ccccc1)c1ccccc1. The van der Waals surface area contributed by atoms with Crippen LogP contribution in [0.15, 0.2) is 103 Å². The van der Waals surface area contributed by atoms with Crippen LogP contribution in [0.3, 0.4) is 0 Å². The van der Waals surface area contributed by atoms with Crippen molar-refractivity contribution in [3.63, 3.8) is 0 Å². The van der Waals surface area contributed by atoms with Crippen molar-refractivity contribution in [1.82, 2.24) is 0 Å². The highest BCUT2D eigenvalue weighted by Gasteiger charge is 2.46. The summed E-state index contributed by atoms with van der Waals surface area (Å²) in [6.07, 6.45) is 5.85. The maximum absolute atomic E-state index is 6.81. The molecule has 0 aliphatic heterocycles. The fraction of sp³-hybridized carbons (Fsp3) is 0.314. The van der Waals surface area contributed by atoms with Crippen molar-refractivity contribution in [2.45, 2.75) is 51.9 Å². The lowest BCUT2D eigenvalue weighted by molar-refractivity contribution is 0.231. The second kappa shape index (κ2) is 16.2. The molecule has 2 nitrogen and oxygen atoms in total. The van der Waals surface area contributed by atoms with Gasteiger partial charge in [0, 0.05) is 20.1 Å². The van der Waals surface area contributed by atoms with Crippen molar-refractivity contribution in [3.8, 4) is 11.5 Å². The van der Waals surface area contributed by atoms with Gasteiger partial charge in [-0.25, -0.2) is 0 Å². The summed E-state index contributed by atoms with van der Waals surface area (Å²) >= 11 is 3.83. The molecule has 41 heavy (non-hydrogen) atoms. The highest BCUT2D eigenvalue weighted by molar-refractivity contribution is 9.44. The Hall–Kier alpha value is -1.75. The van der Waals surface area contributed by atoms with E-state index in [1.807, 2.05) is 0 Å². The summed E-state index contributed by atoms with van der Waals surface area (Å²) in [5, 5.41) is 4.12. The van der Waals surface area contributed by atoms with Gasteiger partial charge < -0.3 is 9.47 Å². The average molecular weight is 670 g/mol. The first-order chi connectivity index (χ1) is 20.0. The van der Waals surface area contributed by atoms with E-state index in [2.05, 4.69) is 141 Å². The van der Waals surface area contributed by atoms with Crippen LogP contribution in [0.5, 0.6) is 11.5 Å². The number of ether oxygens (including phenoxy) is 2. The van der Waals surface area contributed by atoms with E-state index < -0.39 is 13.6 Å². The number of benzene rings is 4. The van der Waals surface area contributed by atoms with Gasteiger partial charge in [0.25, 0.3) is 0 Å². The van der Waals surface area contributed by atoms with E-state index >= 15 is 0 Å². The molecule has 0 saturated heterocycles. The molecule has 4 rings (SSSR count). The summed E-state index contributed by atoms with van der Waals surface area (Å²) in [6.45, 7) is 5.30. The van der Waals surface area contributed by atoms with Gasteiger partial charge >= 0.3 is 0 Å². The number of unbranched alkanes of at least 4 members (excludes halogenated alkanes) is 1. The van der Waals surface area contributed by atoms with Crippen molar-refractivity contribution >= 4 is 53.9 Å². The lowest BCUT2D eigenvalue weighted by Gasteiger charge is -2.29. The Labute approximate surface area is 259 Å². The summed E-state index contributed by atoms with van der Waals surface area (Å²) < 4.78 is 12.8. The smallest absolute Gasteiger partial charge is 0.138 e. The van der Waals surface area contributed by atoms with Gasteiger partial charge in [0.05, 0.1) is 26.2 Å². The van der Waals surface area contributed by atoms with Crippen LogP contribution < -0.4 is 25.4 Å². The largest absolute Gasteiger partial charge is 0.496 e. The minimum absolute atomic E-state index is 0.558. The molecular weight excluding hydrogens is 625 g/mol. The summed E-state index contributed by atoms with van der Waals surface area (Å²) in [5.41, 5.74) is 2.42. The van der Waals surface area contributed by atoms with Crippen molar-refractivity contribution < 1.29 is 9.47 Å². The minimum Gasteiger partial charge on any atom is -0.496 e. The summed E-state index contributed by atoms with van der Waals surface area (Å²) in [4.78, 5) is 0. The van der Waals surface area contributed by atoms with Crippen LogP contribution in [-0.2, 0) is 12.3 Å². The third-order valence-corrected chi connectivity index (χ3v) is 14.4. The predicted octanol–water partition coefficient (Wildman–Crippen LogP) is 9.60. The molecule has 4 aromatic rings. The predicted molar refractivity (Wildman–Crippen MR) is 191 cm³/mol. The van der Waals surface area contributed by atoms with E-state index in [4.69, 9.17) is 9.47 Å². The number of halogens is 1. The molecule has 0 saturated carbocycles. The van der Waals surface area contributed by atoms with Gasteiger partial charge in [0.1, 0.15) is 56.3 Å².